The lowest BCUT2D eigenvalue weighted by Crippen LogP contribution is -2.21. The Kier molecular flexibility index (Phi) is 7.82. The summed E-state index contributed by atoms with van der Waals surface area (Å²) < 4.78 is 13.3. The van der Waals surface area contributed by atoms with E-state index >= 15 is 0 Å². The Morgan fingerprint density at radius 1 is 0.878 bits per heavy atom. The van der Waals surface area contributed by atoms with Crippen molar-refractivity contribution in [1.82, 2.24) is 19.7 Å². The Labute approximate surface area is 238 Å². The van der Waals surface area contributed by atoms with Crippen LogP contribution in [0.25, 0.3) is 5.69 Å². The Balaban J connectivity index is 1.27. The molecule has 2 aromatic heterocycles. The summed E-state index contributed by atoms with van der Waals surface area (Å²) in [7, 11) is 0. The van der Waals surface area contributed by atoms with Gasteiger partial charge in [-0.2, -0.15) is 5.10 Å². The van der Waals surface area contributed by atoms with Crippen LogP contribution in [0.4, 0.5) is 22.1 Å². The summed E-state index contributed by atoms with van der Waals surface area (Å²) in [6, 6.07) is 27.5. The molecule has 0 spiro atoms. The first kappa shape index (κ1) is 27.2. The van der Waals surface area contributed by atoms with Crippen LogP contribution >= 0.6 is 0 Å². The Bertz CT molecular complexity index is 1610. The van der Waals surface area contributed by atoms with Gasteiger partial charge in [-0.15, -0.1) is 0 Å². The fourth-order valence-electron chi connectivity index (χ4n) is 3.87. The first-order valence-electron chi connectivity index (χ1n) is 13.0. The molecule has 0 aliphatic carbocycles. The average Bonchev–Trinajstić information content (AvgIpc) is 3.38. The van der Waals surface area contributed by atoms with Gasteiger partial charge in [-0.25, -0.2) is 19.4 Å². The standard InChI is InChI=1S/C31H31N7O3/c1-31(2,3)26-17-28(38(37-26)23-11-15-24(16-12-23)40-19-21-7-5-4-6-8-21)36-30(39)35-22-9-13-25(14-10-22)41-29-18-27(32)33-20-34-29/h4-18,20H,19H2,1-3H3,(H2,32,33,34)(H2,35,36,39). The number of anilines is 3. The molecule has 0 saturated heterocycles. The minimum absolute atomic E-state index is 0.221. The number of nitrogens with zero attached hydrogens (tertiary/aromatic N) is 4. The monoisotopic (exact) mass is 549 g/mol. The van der Waals surface area contributed by atoms with Gasteiger partial charge in [0.1, 0.15) is 36.1 Å². The summed E-state index contributed by atoms with van der Waals surface area (Å²) in [5.41, 5.74) is 8.75. The summed E-state index contributed by atoms with van der Waals surface area (Å²) in [6.45, 7) is 6.70. The zero-order valence-corrected chi connectivity index (χ0v) is 23.0. The van der Waals surface area contributed by atoms with Crippen LogP contribution in [-0.4, -0.2) is 25.8 Å². The van der Waals surface area contributed by atoms with Gasteiger partial charge in [0.05, 0.1) is 11.4 Å². The van der Waals surface area contributed by atoms with Gasteiger partial charge in [0.25, 0.3) is 0 Å². The maximum Gasteiger partial charge on any atom is 0.324 e. The van der Waals surface area contributed by atoms with Gasteiger partial charge in [-0.05, 0) is 54.1 Å². The van der Waals surface area contributed by atoms with Crippen LogP contribution < -0.4 is 25.8 Å². The second-order valence-corrected chi connectivity index (χ2v) is 10.3. The Morgan fingerprint density at radius 2 is 1.59 bits per heavy atom. The zero-order valence-electron chi connectivity index (χ0n) is 23.0. The molecule has 2 amide bonds. The Hall–Kier alpha value is -5.38. The van der Waals surface area contributed by atoms with Crippen molar-refractivity contribution in [3.8, 4) is 23.1 Å². The smallest absolute Gasteiger partial charge is 0.324 e. The number of nitrogens with two attached hydrogens (primary N) is 1. The number of carbonyl (C=O) groups is 1. The lowest BCUT2D eigenvalue weighted by Gasteiger charge is -2.14. The number of nitrogens with one attached hydrogen (secondary N) is 2. The molecule has 2 heterocycles. The summed E-state index contributed by atoms with van der Waals surface area (Å²) in [5.74, 6) is 2.45. The van der Waals surface area contributed by atoms with Crippen molar-refractivity contribution in [3.05, 3.63) is 109 Å². The number of ether oxygens (including phenoxy) is 2. The first-order chi connectivity index (χ1) is 19.7. The van der Waals surface area contributed by atoms with E-state index in [2.05, 4.69) is 41.4 Å². The number of amides is 2. The number of urea groups is 1. The minimum Gasteiger partial charge on any atom is -0.489 e. The predicted molar refractivity (Wildman–Crippen MR) is 159 cm³/mol. The van der Waals surface area contributed by atoms with Gasteiger partial charge in [-0.1, -0.05) is 51.1 Å². The molecule has 41 heavy (non-hydrogen) atoms. The third-order valence-electron chi connectivity index (χ3n) is 6.05. The van der Waals surface area contributed by atoms with E-state index in [0.29, 0.717) is 35.6 Å². The first-order valence-corrected chi connectivity index (χ1v) is 13.0. The molecular formula is C31H31N7O3. The fraction of sp³-hybridized carbons (Fsp3) is 0.161. The van der Waals surface area contributed by atoms with E-state index in [4.69, 9.17) is 20.3 Å². The van der Waals surface area contributed by atoms with Crippen LogP contribution in [0.1, 0.15) is 32.0 Å². The number of hydrogen-bond donors (Lipinski definition) is 3. The molecule has 5 aromatic rings. The average molecular weight is 550 g/mol. The topological polar surface area (TPSA) is 129 Å². The van der Waals surface area contributed by atoms with E-state index in [9.17, 15) is 4.79 Å². The minimum atomic E-state index is -0.410. The molecular weight excluding hydrogens is 518 g/mol. The number of hydrogen-bond acceptors (Lipinski definition) is 7. The lowest BCUT2D eigenvalue weighted by atomic mass is 9.92. The molecule has 0 aliphatic heterocycles. The predicted octanol–water partition coefficient (Wildman–Crippen LogP) is 6.56. The van der Waals surface area contributed by atoms with E-state index in [1.54, 1.807) is 28.9 Å². The second kappa shape index (κ2) is 11.8. The number of nitrogen functional groups attached to an aromatic ring is 1. The summed E-state index contributed by atoms with van der Waals surface area (Å²) in [5, 5.41) is 10.6. The van der Waals surface area contributed by atoms with Crippen molar-refractivity contribution in [2.75, 3.05) is 16.4 Å². The number of benzene rings is 3. The van der Waals surface area contributed by atoms with Crippen molar-refractivity contribution >= 4 is 23.4 Å². The van der Waals surface area contributed by atoms with E-state index in [-0.39, 0.29) is 5.41 Å². The molecule has 10 heteroatoms. The van der Waals surface area contributed by atoms with Crippen LogP contribution in [-0.2, 0) is 12.0 Å². The van der Waals surface area contributed by atoms with Crippen molar-refractivity contribution in [3.63, 3.8) is 0 Å². The van der Waals surface area contributed by atoms with Gasteiger partial charge < -0.3 is 20.5 Å². The lowest BCUT2D eigenvalue weighted by molar-refractivity contribution is 0.262. The molecule has 0 saturated carbocycles. The molecule has 0 radical (unpaired) electrons. The highest BCUT2D eigenvalue weighted by Crippen LogP contribution is 2.28. The maximum atomic E-state index is 13.0. The molecule has 10 nitrogen and oxygen atoms in total. The van der Waals surface area contributed by atoms with Crippen LogP contribution in [0.5, 0.6) is 17.4 Å². The van der Waals surface area contributed by atoms with Gasteiger partial charge in [0.15, 0.2) is 0 Å². The van der Waals surface area contributed by atoms with Crippen LogP contribution in [0.2, 0.25) is 0 Å². The van der Waals surface area contributed by atoms with Crippen LogP contribution in [0.3, 0.4) is 0 Å². The summed E-state index contributed by atoms with van der Waals surface area (Å²) in [6.07, 6.45) is 1.33. The molecule has 208 valence electrons. The van der Waals surface area contributed by atoms with Gasteiger partial charge in [0.2, 0.25) is 5.88 Å². The van der Waals surface area contributed by atoms with E-state index in [0.717, 1.165) is 22.7 Å². The normalized spacial score (nSPS) is 11.1. The Morgan fingerprint density at radius 3 is 2.27 bits per heavy atom. The molecule has 0 atom stereocenters. The highest BCUT2D eigenvalue weighted by atomic mass is 16.5. The van der Waals surface area contributed by atoms with Gasteiger partial charge in [0, 0.05) is 23.2 Å². The second-order valence-electron chi connectivity index (χ2n) is 10.3. The molecule has 3 aromatic carbocycles. The quantitative estimate of drug-likeness (QED) is 0.200. The highest BCUT2D eigenvalue weighted by molar-refractivity contribution is 5.99. The third-order valence-corrected chi connectivity index (χ3v) is 6.05. The van der Waals surface area contributed by atoms with Crippen molar-refractivity contribution in [2.24, 2.45) is 0 Å². The highest BCUT2D eigenvalue weighted by Gasteiger charge is 2.21. The fourth-order valence-corrected chi connectivity index (χ4v) is 3.87. The molecule has 0 aliphatic rings. The van der Waals surface area contributed by atoms with Crippen molar-refractivity contribution in [2.45, 2.75) is 32.8 Å². The summed E-state index contributed by atoms with van der Waals surface area (Å²) in [4.78, 5) is 20.8. The summed E-state index contributed by atoms with van der Waals surface area (Å²) >= 11 is 0. The molecule has 4 N–H and O–H groups in total. The SMILES string of the molecule is CC(C)(C)c1cc(NC(=O)Nc2ccc(Oc3cc(N)ncn3)cc2)n(-c2ccc(OCc3ccccc3)cc2)n1. The molecule has 0 bridgehead atoms. The maximum absolute atomic E-state index is 13.0. The largest absolute Gasteiger partial charge is 0.489 e. The van der Waals surface area contributed by atoms with E-state index in [1.165, 1.54) is 12.4 Å². The van der Waals surface area contributed by atoms with Crippen molar-refractivity contribution < 1.29 is 14.3 Å². The molecule has 0 fully saturated rings. The third kappa shape index (κ3) is 7.18. The number of aromatic nitrogens is 4. The van der Waals surface area contributed by atoms with E-state index in [1.807, 2.05) is 60.7 Å². The number of rotatable bonds is 8. The number of carbonyl (C=O) groups excluding carboxylic acids is 1. The van der Waals surface area contributed by atoms with Gasteiger partial charge in [-0.3, -0.25) is 5.32 Å². The van der Waals surface area contributed by atoms with Crippen LogP contribution in [0, 0.1) is 0 Å². The molecule has 5 rings (SSSR count). The van der Waals surface area contributed by atoms with Gasteiger partial charge >= 0.3 is 6.03 Å². The van der Waals surface area contributed by atoms with Crippen LogP contribution in [0.15, 0.2) is 97.3 Å². The van der Waals surface area contributed by atoms with Crippen molar-refractivity contribution in [1.29, 1.82) is 0 Å². The zero-order chi connectivity index (χ0) is 28.8. The molecule has 0 unspecified atom stereocenters. The van der Waals surface area contributed by atoms with E-state index < -0.39 is 6.03 Å².